The predicted octanol–water partition coefficient (Wildman–Crippen LogP) is 3.77. The molecule has 124 valence electrons. The Bertz CT molecular complexity index is 990. The van der Waals surface area contributed by atoms with Crippen molar-refractivity contribution in [3.63, 3.8) is 0 Å². The summed E-state index contributed by atoms with van der Waals surface area (Å²) in [7, 11) is 0. The minimum absolute atomic E-state index is 0.120. The molecule has 0 spiro atoms. The Balaban J connectivity index is 2.48. The summed E-state index contributed by atoms with van der Waals surface area (Å²) in [4.78, 5) is 16.2. The Morgan fingerprint density at radius 1 is 1.25 bits per heavy atom. The third-order valence-corrected chi connectivity index (χ3v) is 3.96. The number of rotatable bonds is 2. The number of nitrogens with zero attached hydrogens (tertiary/aromatic N) is 1. The van der Waals surface area contributed by atoms with Gasteiger partial charge in [-0.1, -0.05) is 6.07 Å². The minimum atomic E-state index is -1.03. The SMILES string of the molecule is Cc1cc([C@@H](C)N)c2oc(-c3c(F)ccnc3F)c(C)c(=O)c2c1. The van der Waals surface area contributed by atoms with Gasteiger partial charge in [0.15, 0.2) is 5.43 Å². The van der Waals surface area contributed by atoms with E-state index in [1.54, 1.807) is 19.1 Å². The van der Waals surface area contributed by atoms with Gasteiger partial charge in [-0.2, -0.15) is 4.39 Å². The van der Waals surface area contributed by atoms with Crippen molar-refractivity contribution in [3.8, 4) is 11.3 Å². The van der Waals surface area contributed by atoms with Crippen LogP contribution in [-0.4, -0.2) is 4.98 Å². The van der Waals surface area contributed by atoms with Gasteiger partial charge in [0.2, 0.25) is 5.95 Å². The van der Waals surface area contributed by atoms with E-state index in [1.807, 2.05) is 6.92 Å². The highest BCUT2D eigenvalue weighted by atomic mass is 19.1. The van der Waals surface area contributed by atoms with Gasteiger partial charge in [0.05, 0.1) is 5.39 Å². The smallest absolute Gasteiger partial charge is 0.226 e. The van der Waals surface area contributed by atoms with Gasteiger partial charge in [-0.3, -0.25) is 4.79 Å². The fraction of sp³-hybridized carbons (Fsp3) is 0.222. The Kier molecular flexibility index (Phi) is 3.93. The number of aromatic nitrogens is 1. The average Bonchev–Trinajstić information content (AvgIpc) is 2.51. The van der Waals surface area contributed by atoms with E-state index >= 15 is 0 Å². The number of aryl methyl sites for hydroxylation is 1. The molecule has 0 aliphatic carbocycles. The number of halogens is 2. The third-order valence-electron chi connectivity index (χ3n) is 3.96. The lowest BCUT2D eigenvalue weighted by atomic mass is 9.99. The fourth-order valence-corrected chi connectivity index (χ4v) is 2.76. The molecule has 2 heterocycles. The molecule has 1 aromatic carbocycles. The summed E-state index contributed by atoms with van der Waals surface area (Å²) in [5.74, 6) is -2.04. The Morgan fingerprint density at radius 3 is 2.58 bits per heavy atom. The van der Waals surface area contributed by atoms with Crippen LogP contribution in [0.1, 0.15) is 29.7 Å². The summed E-state index contributed by atoms with van der Waals surface area (Å²) in [5.41, 5.74) is 6.98. The van der Waals surface area contributed by atoms with E-state index in [0.717, 1.165) is 17.8 Å². The van der Waals surface area contributed by atoms with Crippen LogP contribution in [0.5, 0.6) is 0 Å². The molecule has 0 bridgehead atoms. The standard InChI is InChI=1S/C18H16F2N2O2/c1-8-6-11(10(3)21)17-12(7-8)15(23)9(2)16(24-17)14-13(19)4-5-22-18(14)20/h4-7,10H,21H2,1-3H3/t10-/m1/s1. The normalized spacial score (nSPS) is 12.6. The Hall–Kier alpha value is -2.60. The second kappa shape index (κ2) is 5.79. The lowest BCUT2D eigenvalue weighted by molar-refractivity contribution is 0.536. The number of nitrogens with two attached hydrogens (primary N) is 1. The summed E-state index contributed by atoms with van der Waals surface area (Å²) in [5, 5.41) is 0.341. The number of hydrogen-bond donors (Lipinski definition) is 1. The second-order valence-corrected chi connectivity index (χ2v) is 5.86. The van der Waals surface area contributed by atoms with Crippen molar-refractivity contribution in [1.29, 1.82) is 0 Å². The molecule has 0 unspecified atom stereocenters. The largest absolute Gasteiger partial charge is 0.455 e. The van der Waals surface area contributed by atoms with Crippen LogP contribution < -0.4 is 11.2 Å². The van der Waals surface area contributed by atoms with E-state index in [4.69, 9.17) is 10.2 Å². The van der Waals surface area contributed by atoms with E-state index in [9.17, 15) is 13.6 Å². The van der Waals surface area contributed by atoms with Crippen LogP contribution in [0.15, 0.2) is 33.6 Å². The van der Waals surface area contributed by atoms with Crippen molar-refractivity contribution < 1.29 is 13.2 Å². The van der Waals surface area contributed by atoms with Crippen LogP contribution in [0, 0.1) is 25.6 Å². The molecule has 3 aromatic rings. The van der Waals surface area contributed by atoms with Crippen molar-refractivity contribution in [1.82, 2.24) is 4.98 Å². The van der Waals surface area contributed by atoms with Crippen LogP contribution in [0.25, 0.3) is 22.3 Å². The monoisotopic (exact) mass is 330 g/mol. The van der Waals surface area contributed by atoms with Gasteiger partial charge in [-0.25, -0.2) is 9.37 Å². The maximum atomic E-state index is 14.1. The van der Waals surface area contributed by atoms with E-state index in [-0.39, 0.29) is 22.3 Å². The summed E-state index contributed by atoms with van der Waals surface area (Å²) < 4.78 is 33.9. The summed E-state index contributed by atoms with van der Waals surface area (Å²) in [6.07, 6.45) is 1.01. The lowest BCUT2D eigenvalue weighted by Crippen LogP contribution is -2.12. The number of hydrogen-bond acceptors (Lipinski definition) is 4. The van der Waals surface area contributed by atoms with Gasteiger partial charge >= 0.3 is 0 Å². The van der Waals surface area contributed by atoms with Crippen LogP contribution in [0.4, 0.5) is 8.78 Å². The highest BCUT2D eigenvalue weighted by Gasteiger charge is 2.22. The molecule has 0 saturated carbocycles. The average molecular weight is 330 g/mol. The van der Waals surface area contributed by atoms with Crippen molar-refractivity contribution in [2.45, 2.75) is 26.8 Å². The summed E-state index contributed by atoms with van der Waals surface area (Å²) in [6, 6.07) is 4.09. The topological polar surface area (TPSA) is 69.1 Å². The first-order valence-corrected chi connectivity index (χ1v) is 7.45. The van der Waals surface area contributed by atoms with Gasteiger partial charge in [0, 0.05) is 23.4 Å². The Morgan fingerprint density at radius 2 is 1.96 bits per heavy atom. The summed E-state index contributed by atoms with van der Waals surface area (Å²) >= 11 is 0. The first-order valence-electron chi connectivity index (χ1n) is 7.45. The van der Waals surface area contributed by atoms with Gasteiger partial charge in [0.25, 0.3) is 0 Å². The van der Waals surface area contributed by atoms with E-state index in [0.29, 0.717) is 10.9 Å². The molecule has 1 atom stereocenters. The van der Waals surface area contributed by atoms with Gasteiger partial charge < -0.3 is 10.2 Å². The van der Waals surface area contributed by atoms with Gasteiger partial charge in [-0.15, -0.1) is 0 Å². The van der Waals surface area contributed by atoms with Gasteiger partial charge in [-0.05, 0) is 38.5 Å². The molecule has 4 nitrogen and oxygen atoms in total. The fourth-order valence-electron chi connectivity index (χ4n) is 2.76. The zero-order chi connectivity index (χ0) is 17.6. The predicted molar refractivity (Wildman–Crippen MR) is 87.7 cm³/mol. The molecule has 0 aliphatic rings. The first kappa shape index (κ1) is 16.3. The molecule has 0 saturated heterocycles. The third kappa shape index (κ3) is 2.49. The van der Waals surface area contributed by atoms with Crippen LogP contribution in [0.3, 0.4) is 0 Å². The molecule has 0 radical (unpaired) electrons. The number of pyridine rings is 1. The lowest BCUT2D eigenvalue weighted by Gasteiger charge is -2.14. The maximum absolute atomic E-state index is 14.1. The van der Waals surface area contributed by atoms with Crippen molar-refractivity contribution >= 4 is 11.0 Å². The zero-order valence-electron chi connectivity index (χ0n) is 13.5. The molecular weight excluding hydrogens is 314 g/mol. The highest BCUT2D eigenvalue weighted by molar-refractivity contribution is 5.84. The molecule has 0 fully saturated rings. The zero-order valence-corrected chi connectivity index (χ0v) is 13.5. The van der Waals surface area contributed by atoms with Crippen LogP contribution in [0.2, 0.25) is 0 Å². The van der Waals surface area contributed by atoms with Crippen molar-refractivity contribution in [2.75, 3.05) is 0 Å². The van der Waals surface area contributed by atoms with Crippen LogP contribution >= 0.6 is 0 Å². The maximum Gasteiger partial charge on any atom is 0.226 e. The number of fused-ring (bicyclic) bond motifs is 1. The minimum Gasteiger partial charge on any atom is -0.455 e. The molecule has 24 heavy (non-hydrogen) atoms. The quantitative estimate of drug-likeness (QED) is 0.726. The molecule has 2 aromatic heterocycles. The van der Waals surface area contributed by atoms with E-state index < -0.39 is 23.4 Å². The molecule has 0 aliphatic heterocycles. The molecule has 2 N–H and O–H groups in total. The molecule has 0 amide bonds. The van der Waals surface area contributed by atoms with Crippen molar-refractivity contribution in [3.05, 3.63) is 63.1 Å². The molecule has 6 heteroatoms. The van der Waals surface area contributed by atoms with E-state index in [1.165, 1.54) is 6.92 Å². The number of benzene rings is 1. The van der Waals surface area contributed by atoms with Crippen molar-refractivity contribution in [2.24, 2.45) is 5.73 Å². The summed E-state index contributed by atoms with van der Waals surface area (Å²) in [6.45, 7) is 5.06. The second-order valence-electron chi connectivity index (χ2n) is 5.86. The first-order chi connectivity index (χ1) is 11.3. The highest BCUT2D eigenvalue weighted by Crippen LogP contribution is 2.32. The van der Waals surface area contributed by atoms with Gasteiger partial charge in [0.1, 0.15) is 22.7 Å². The van der Waals surface area contributed by atoms with Crippen LogP contribution in [-0.2, 0) is 0 Å². The Labute approximate surface area is 136 Å². The molecular formula is C18H16F2N2O2. The van der Waals surface area contributed by atoms with E-state index in [2.05, 4.69) is 4.98 Å². The molecule has 3 rings (SSSR count).